The maximum atomic E-state index is 11.9. The SMILES string of the molecule is CC[C@H](N)C(=O)N(C)c1cc(C)cc(C)c1. The zero-order valence-electron chi connectivity index (χ0n) is 10.4. The van der Waals surface area contributed by atoms with E-state index in [4.69, 9.17) is 5.73 Å². The summed E-state index contributed by atoms with van der Waals surface area (Å²) in [6.07, 6.45) is 0.661. The molecule has 88 valence electrons. The van der Waals surface area contributed by atoms with E-state index in [0.717, 1.165) is 16.8 Å². The third-order valence-electron chi connectivity index (χ3n) is 2.68. The number of aryl methyl sites for hydroxylation is 2. The average Bonchev–Trinajstić information content (AvgIpc) is 2.24. The molecule has 0 spiro atoms. The van der Waals surface area contributed by atoms with Gasteiger partial charge >= 0.3 is 0 Å². The lowest BCUT2D eigenvalue weighted by Crippen LogP contribution is -2.41. The van der Waals surface area contributed by atoms with Gasteiger partial charge in [-0.2, -0.15) is 0 Å². The van der Waals surface area contributed by atoms with Gasteiger partial charge in [-0.1, -0.05) is 13.0 Å². The monoisotopic (exact) mass is 220 g/mol. The predicted molar refractivity (Wildman–Crippen MR) is 67.6 cm³/mol. The summed E-state index contributed by atoms with van der Waals surface area (Å²) in [5, 5.41) is 0. The van der Waals surface area contributed by atoms with Crippen molar-refractivity contribution in [1.82, 2.24) is 0 Å². The van der Waals surface area contributed by atoms with Crippen LogP contribution < -0.4 is 10.6 Å². The Morgan fingerprint density at radius 3 is 2.25 bits per heavy atom. The van der Waals surface area contributed by atoms with Crippen LogP contribution in [-0.4, -0.2) is 19.0 Å². The van der Waals surface area contributed by atoms with Crippen molar-refractivity contribution in [3.05, 3.63) is 29.3 Å². The third-order valence-corrected chi connectivity index (χ3v) is 2.68. The van der Waals surface area contributed by atoms with Gasteiger partial charge in [-0.15, -0.1) is 0 Å². The number of hydrogen-bond donors (Lipinski definition) is 1. The molecule has 0 unspecified atom stereocenters. The summed E-state index contributed by atoms with van der Waals surface area (Å²) in [6.45, 7) is 5.96. The quantitative estimate of drug-likeness (QED) is 0.847. The average molecular weight is 220 g/mol. The van der Waals surface area contributed by atoms with Crippen molar-refractivity contribution in [3.8, 4) is 0 Å². The molecular weight excluding hydrogens is 200 g/mol. The Hall–Kier alpha value is -1.35. The second-order valence-electron chi connectivity index (χ2n) is 4.26. The van der Waals surface area contributed by atoms with E-state index in [-0.39, 0.29) is 5.91 Å². The molecule has 1 aromatic carbocycles. The highest BCUT2D eigenvalue weighted by atomic mass is 16.2. The van der Waals surface area contributed by atoms with Gasteiger partial charge in [-0.25, -0.2) is 0 Å². The molecule has 0 aliphatic rings. The molecule has 1 aromatic rings. The summed E-state index contributed by atoms with van der Waals surface area (Å²) in [6, 6.07) is 5.66. The number of carbonyl (C=O) groups is 1. The number of nitrogens with zero attached hydrogens (tertiary/aromatic N) is 1. The normalized spacial score (nSPS) is 12.3. The van der Waals surface area contributed by atoms with Crippen LogP contribution in [0.4, 0.5) is 5.69 Å². The maximum absolute atomic E-state index is 11.9. The second-order valence-corrected chi connectivity index (χ2v) is 4.26. The summed E-state index contributed by atoms with van der Waals surface area (Å²) in [7, 11) is 1.77. The van der Waals surface area contributed by atoms with E-state index in [2.05, 4.69) is 6.07 Å². The molecule has 0 fully saturated rings. The minimum atomic E-state index is -0.411. The Kier molecular flexibility index (Phi) is 4.07. The molecule has 0 radical (unpaired) electrons. The van der Waals surface area contributed by atoms with Crippen LogP contribution in [0, 0.1) is 13.8 Å². The van der Waals surface area contributed by atoms with E-state index < -0.39 is 6.04 Å². The standard InChI is InChI=1S/C13H20N2O/c1-5-12(14)13(16)15(4)11-7-9(2)6-10(3)8-11/h6-8,12H,5,14H2,1-4H3/t12-/m0/s1. The number of anilines is 1. The van der Waals surface area contributed by atoms with Crippen LogP contribution in [0.3, 0.4) is 0 Å². The number of likely N-dealkylation sites (N-methyl/N-ethyl adjacent to an activating group) is 1. The van der Waals surface area contributed by atoms with E-state index in [1.165, 1.54) is 0 Å². The molecule has 0 saturated carbocycles. The van der Waals surface area contributed by atoms with Crippen LogP contribution in [0.1, 0.15) is 24.5 Å². The molecule has 0 bridgehead atoms. The summed E-state index contributed by atoms with van der Waals surface area (Å²) in [4.78, 5) is 13.5. The van der Waals surface area contributed by atoms with Gasteiger partial charge in [0.05, 0.1) is 6.04 Å². The fourth-order valence-electron chi connectivity index (χ4n) is 1.69. The number of amides is 1. The van der Waals surface area contributed by atoms with Crippen molar-refractivity contribution in [2.75, 3.05) is 11.9 Å². The van der Waals surface area contributed by atoms with Crippen LogP contribution in [0.15, 0.2) is 18.2 Å². The number of nitrogens with two attached hydrogens (primary N) is 1. The number of rotatable bonds is 3. The van der Waals surface area contributed by atoms with Crippen molar-refractivity contribution in [1.29, 1.82) is 0 Å². The van der Waals surface area contributed by atoms with Gasteiger partial charge in [-0.3, -0.25) is 4.79 Å². The van der Waals surface area contributed by atoms with E-state index in [9.17, 15) is 4.79 Å². The molecule has 2 N–H and O–H groups in total. The van der Waals surface area contributed by atoms with Crippen LogP contribution in [0.2, 0.25) is 0 Å². The first-order valence-electron chi connectivity index (χ1n) is 5.57. The van der Waals surface area contributed by atoms with Gasteiger partial charge < -0.3 is 10.6 Å². The van der Waals surface area contributed by atoms with E-state index >= 15 is 0 Å². The molecule has 0 aromatic heterocycles. The number of hydrogen-bond acceptors (Lipinski definition) is 2. The van der Waals surface area contributed by atoms with Gasteiger partial charge in [0.25, 0.3) is 0 Å². The van der Waals surface area contributed by atoms with Gasteiger partial charge in [-0.05, 0) is 43.5 Å². The first kappa shape index (κ1) is 12.7. The summed E-state index contributed by atoms with van der Waals surface area (Å²) < 4.78 is 0. The summed E-state index contributed by atoms with van der Waals surface area (Å²) in [5.41, 5.74) is 8.95. The minimum absolute atomic E-state index is 0.0347. The Morgan fingerprint density at radius 2 is 1.81 bits per heavy atom. The summed E-state index contributed by atoms with van der Waals surface area (Å²) >= 11 is 0. The molecule has 1 atom stereocenters. The Morgan fingerprint density at radius 1 is 1.31 bits per heavy atom. The Balaban J connectivity index is 2.95. The maximum Gasteiger partial charge on any atom is 0.243 e. The molecule has 0 saturated heterocycles. The fraction of sp³-hybridized carbons (Fsp3) is 0.462. The van der Waals surface area contributed by atoms with E-state index in [1.54, 1.807) is 11.9 Å². The Labute approximate surface area is 97.2 Å². The molecular formula is C13H20N2O. The first-order valence-corrected chi connectivity index (χ1v) is 5.57. The van der Waals surface area contributed by atoms with Crippen LogP contribution in [0.5, 0.6) is 0 Å². The minimum Gasteiger partial charge on any atom is -0.320 e. The second kappa shape index (κ2) is 5.12. The molecule has 3 heteroatoms. The summed E-state index contributed by atoms with van der Waals surface area (Å²) in [5.74, 6) is -0.0347. The van der Waals surface area contributed by atoms with Crippen molar-refractivity contribution in [2.45, 2.75) is 33.2 Å². The van der Waals surface area contributed by atoms with E-state index in [1.807, 2.05) is 32.9 Å². The van der Waals surface area contributed by atoms with Gasteiger partial charge in [0.1, 0.15) is 0 Å². The van der Waals surface area contributed by atoms with Crippen LogP contribution in [-0.2, 0) is 4.79 Å². The lowest BCUT2D eigenvalue weighted by molar-refractivity contribution is -0.119. The highest BCUT2D eigenvalue weighted by Crippen LogP contribution is 2.18. The fourth-order valence-corrected chi connectivity index (χ4v) is 1.69. The van der Waals surface area contributed by atoms with Gasteiger partial charge in [0, 0.05) is 12.7 Å². The van der Waals surface area contributed by atoms with Crippen LogP contribution in [0.25, 0.3) is 0 Å². The van der Waals surface area contributed by atoms with E-state index in [0.29, 0.717) is 6.42 Å². The molecule has 0 aliphatic carbocycles. The lowest BCUT2D eigenvalue weighted by Gasteiger charge is -2.21. The smallest absolute Gasteiger partial charge is 0.243 e. The van der Waals surface area contributed by atoms with Crippen molar-refractivity contribution in [3.63, 3.8) is 0 Å². The zero-order chi connectivity index (χ0) is 12.3. The largest absolute Gasteiger partial charge is 0.320 e. The molecule has 16 heavy (non-hydrogen) atoms. The number of benzene rings is 1. The zero-order valence-corrected chi connectivity index (χ0v) is 10.4. The highest BCUT2D eigenvalue weighted by Gasteiger charge is 2.17. The van der Waals surface area contributed by atoms with Gasteiger partial charge in [0.15, 0.2) is 0 Å². The molecule has 0 aliphatic heterocycles. The molecule has 1 amide bonds. The third kappa shape index (κ3) is 2.83. The lowest BCUT2D eigenvalue weighted by atomic mass is 10.1. The molecule has 0 heterocycles. The van der Waals surface area contributed by atoms with Gasteiger partial charge in [0.2, 0.25) is 5.91 Å². The topological polar surface area (TPSA) is 46.3 Å². The number of carbonyl (C=O) groups excluding carboxylic acids is 1. The van der Waals surface area contributed by atoms with Crippen molar-refractivity contribution < 1.29 is 4.79 Å². The van der Waals surface area contributed by atoms with Crippen molar-refractivity contribution in [2.24, 2.45) is 5.73 Å². The Bertz CT molecular complexity index is 367. The highest BCUT2D eigenvalue weighted by molar-refractivity contribution is 5.96. The molecule has 1 rings (SSSR count). The predicted octanol–water partition coefficient (Wildman–Crippen LogP) is 2.00. The first-order chi connectivity index (χ1) is 7.45. The van der Waals surface area contributed by atoms with Crippen molar-refractivity contribution >= 4 is 11.6 Å². The van der Waals surface area contributed by atoms with Crippen LogP contribution >= 0.6 is 0 Å². The molecule has 3 nitrogen and oxygen atoms in total.